The van der Waals surface area contributed by atoms with Gasteiger partial charge in [0.15, 0.2) is 12.2 Å². The molecule has 2 amide bonds. The van der Waals surface area contributed by atoms with Gasteiger partial charge >= 0.3 is 6.18 Å². The Balaban J connectivity index is 1.37. The third-order valence-corrected chi connectivity index (χ3v) is 8.18. The van der Waals surface area contributed by atoms with Crippen LogP contribution in [0.15, 0.2) is 59.3 Å². The van der Waals surface area contributed by atoms with Gasteiger partial charge in [-0.25, -0.2) is 14.4 Å². The van der Waals surface area contributed by atoms with Crippen LogP contribution in [0.25, 0.3) is 22.6 Å². The Bertz CT molecular complexity index is 1840. The van der Waals surface area contributed by atoms with Gasteiger partial charge in [-0.15, -0.1) is 0 Å². The van der Waals surface area contributed by atoms with Gasteiger partial charge in [-0.05, 0) is 75.2 Å². The van der Waals surface area contributed by atoms with Crippen LogP contribution in [0.1, 0.15) is 47.1 Å². The van der Waals surface area contributed by atoms with E-state index in [9.17, 15) is 32.3 Å². The van der Waals surface area contributed by atoms with Crippen LogP contribution in [0.2, 0.25) is 0 Å². The fourth-order valence-corrected chi connectivity index (χ4v) is 5.12. The Hall–Kier alpha value is -4.98. The number of aromatic nitrogens is 2. The van der Waals surface area contributed by atoms with Crippen LogP contribution < -0.4 is 20.5 Å². The van der Waals surface area contributed by atoms with Crippen molar-refractivity contribution in [3.05, 3.63) is 83.3 Å². The predicted molar refractivity (Wildman–Crippen MR) is 154 cm³/mol. The number of nitrogens with one attached hydrogen (secondary N) is 1. The number of oxazole rings is 1. The van der Waals surface area contributed by atoms with Gasteiger partial charge in [-0.3, -0.25) is 9.59 Å². The lowest BCUT2D eigenvalue weighted by Gasteiger charge is -2.31. The molecule has 0 radical (unpaired) electrons. The molecule has 4 aromatic rings. The monoisotopic (exact) mass is 640 g/mol. The van der Waals surface area contributed by atoms with E-state index in [0.717, 1.165) is 31.0 Å². The van der Waals surface area contributed by atoms with E-state index in [0.29, 0.717) is 17.0 Å². The first kappa shape index (κ1) is 31.0. The quantitative estimate of drug-likeness (QED) is 0.223. The van der Waals surface area contributed by atoms with Crippen molar-refractivity contribution in [2.45, 2.75) is 50.0 Å². The Kier molecular flexibility index (Phi) is 7.50. The van der Waals surface area contributed by atoms with Gasteiger partial charge in [-0.1, -0.05) is 0 Å². The third-order valence-electron chi connectivity index (χ3n) is 8.18. The molecule has 2 atom stereocenters. The summed E-state index contributed by atoms with van der Waals surface area (Å²) in [4.78, 5) is 33.9. The molecular weight excluding hydrogens is 612 g/mol. The molecule has 2 aliphatic rings. The Morgan fingerprint density at radius 3 is 2.48 bits per heavy atom. The molecule has 3 heterocycles. The minimum Gasteiger partial charge on any atom is -0.490 e. The normalized spacial score (nSPS) is 18.8. The lowest BCUT2D eigenvalue weighted by molar-refractivity contribution is -0.265. The number of primary amides is 1. The van der Waals surface area contributed by atoms with Gasteiger partial charge in [0.05, 0.1) is 29.6 Å². The SMILES string of the molecule is Cc1ncoc1-c1ccc(C(=O)NC[C@](O)(c2cc3c(c(-c4ccc(F)cc4)n2)OC[C@]3(C)C(N)=O)C(F)(F)F)cc1OC1CC1. The molecule has 4 N–H and O–H groups in total. The molecule has 1 aliphatic carbocycles. The first-order valence-electron chi connectivity index (χ1n) is 14.2. The molecule has 1 fully saturated rings. The van der Waals surface area contributed by atoms with E-state index in [1.807, 2.05) is 0 Å². The number of fused-ring (bicyclic) bond motifs is 1. The van der Waals surface area contributed by atoms with E-state index < -0.39 is 47.1 Å². The molecule has 0 bridgehead atoms. The molecular formula is C32H28F4N4O6. The predicted octanol–water partition coefficient (Wildman–Crippen LogP) is 4.71. The van der Waals surface area contributed by atoms with Crippen LogP contribution in [0.4, 0.5) is 17.6 Å². The summed E-state index contributed by atoms with van der Waals surface area (Å²) in [5.74, 6) is -1.75. The van der Waals surface area contributed by atoms with Gasteiger partial charge in [-0.2, -0.15) is 13.2 Å². The van der Waals surface area contributed by atoms with Crippen LogP contribution in [0, 0.1) is 12.7 Å². The maximum Gasteiger partial charge on any atom is 0.424 e. The summed E-state index contributed by atoms with van der Waals surface area (Å²) in [6.45, 7) is 1.47. The second-order valence-electron chi connectivity index (χ2n) is 11.6. The molecule has 6 rings (SSSR count). The number of nitrogens with zero attached hydrogens (tertiary/aromatic N) is 2. The molecule has 10 nitrogen and oxygen atoms in total. The highest BCUT2D eigenvalue weighted by atomic mass is 19.4. The molecule has 1 aliphatic heterocycles. The number of halogens is 4. The number of ether oxygens (including phenoxy) is 2. The summed E-state index contributed by atoms with van der Waals surface area (Å²) in [6, 6.07) is 9.89. The maximum absolute atomic E-state index is 14.7. The molecule has 2 aromatic heterocycles. The number of aliphatic hydroxyl groups is 1. The summed E-state index contributed by atoms with van der Waals surface area (Å²) in [5.41, 5.74) is 0.370. The van der Waals surface area contributed by atoms with E-state index in [4.69, 9.17) is 19.6 Å². The fraction of sp³-hybridized carbons (Fsp3) is 0.312. The fourth-order valence-electron chi connectivity index (χ4n) is 5.12. The lowest BCUT2D eigenvalue weighted by Crippen LogP contribution is -2.51. The minimum absolute atomic E-state index is 0.0320. The van der Waals surface area contributed by atoms with Crippen molar-refractivity contribution in [1.82, 2.24) is 15.3 Å². The van der Waals surface area contributed by atoms with Crippen LogP contribution in [0.3, 0.4) is 0 Å². The molecule has 2 aromatic carbocycles. The van der Waals surface area contributed by atoms with Crippen LogP contribution in [0.5, 0.6) is 11.5 Å². The number of alkyl halides is 3. The van der Waals surface area contributed by atoms with Crippen molar-refractivity contribution >= 4 is 11.8 Å². The average molecular weight is 641 g/mol. The van der Waals surface area contributed by atoms with Crippen molar-refractivity contribution in [2.75, 3.05) is 13.2 Å². The van der Waals surface area contributed by atoms with Crippen LogP contribution >= 0.6 is 0 Å². The zero-order valence-corrected chi connectivity index (χ0v) is 24.6. The van der Waals surface area contributed by atoms with Crippen molar-refractivity contribution in [1.29, 1.82) is 0 Å². The largest absolute Gasteiger partial charge is 0.490 e. The number of benzene rings is 2. The minimum atomic E-state index is -5.36. The Morgan fingerprint density at radius 2 is 1.87 bits per heavy atom. The first-order chi connectivity index (χ1) is 21.7. The number of hydrogen-bond acceptors (Lipinski definition) is 8. The molecule has 0 unspecified atom stereocenters. The maximum atomic E-state index is 14.7. The average Bonchev–Trinajstić information content (AvgIpc) is 3.62. The molecule has 0 saturated heterocycles. The van der Waals surface area contributed by atoms with E-state index in [2.05, 4.69) is 15.3 Å². The smallest absolute Gasteiger partial charge is 0.424 e. The number of pyridine rings is 1. The Labute approximate surface area is 259 Å². The Morgan fingerprint density at radius 1 is 1.15 bits per heavy atom. The second kappa shape index (κ2) is 11.1. The van der Waals surface area contributed by atoms with Crippen molar-refractivity contribution in [3.8, 4) is 34.1 Å². The van der Waals surface area contributed by atoms with Gasteiger partial charge in [0.2, 0.25) is 11.5 Å². The van der Waals surface area contributed by atoms with Gasteiger partial charge in [0.25, 0.3) is 5.91 Å². The number of hydrogen-bond donors (Lipinski definition) is 3. The van der Waals surface area contributed by atoms with E-state index in [-0.39, 0.29) is 46.6 Å². The van der Waals surface area contributed by atoms with Crippen molar-refractivity contribution in [2.24, 2.45) is 5.73 Å². The number of carbonyl (C=O) groups is 2. The molecule has 1 saturated carbocycles. The van der Waals surface area contributed by atoms with E-state index >= 15 is 0 Å². The molecule has 240 valence electrons. The van der Waals surface area contributed by atoms with Crippen LogP contribution in [-0.4, -0.2) is 52.3 Å². The van der Waals surface area contributed by atoms with Crippen LogP contribution in [-0.2, 0) is 15.8 Å². The second-order valence-corrected chi connectivity index (χ2v) is 11.6. The number of nitrogens with two attached hydrogens (primary N) is 1. The highest BCUT2D eigenvalue weighted by Crippen LogP contribution is 2.48. The third kappa shape index (κ3) is 5.42. The summed E-state index contributed by atoms with van der Waals surface area (Å²) in [7, 11) is 0. The summed E-state index contributed by atoms with van der Waals surface area (Å²) in [6.07, 6.45) is -2.57. The number of rotatable bonds is 9. The van der Waals surface area contributed by atoms with E-state index in [1.54, 1.807) is 6.92 Å². The van der Waals surface area contributed by atoms with E-state index in [1.165, 1.54) is 43.6 Å². The molecule has 0 spiro atoms. The topological polar surface area (TPSA) is 150 Å². The van der Waals surface area contributed by atoms with Gasteiger partial charge in [0, 0.05) is 16.7 Å². The molecule has 14 heteroatoms. The van der Waals surface area contributed by atoms with Gasteiger partial charge in [0.1, 0.15) is 35.0 Å². The lowest BCUT2D eigenvalue weighted by atomic mass is 9.81. The number of amides is 2. The number of aryl methyl sites for hydroxylation is 1. The van der Waals surface area contributed by atoms with Crippen molar-refractivity contribution < 1.29 is 46.1 Å². The highest BCUT2D eigenvalue weighted by molar-refractivity contribution is 5.95. The highest BCUT2D eigenvalue weighted by Gasteiger charge is 2.57. The van der Waals surface area contributed by atoms with Crippen molar-refractivity contribution in [3.63, 3.8) is 0 Å². The zero-order valence-electron chi connectivity index (χ0n) is 24.6. The standard InChI is InChI=1S/C32H28F4N4O6/c1-16-26(45-15-39-16)21-10-5-18(11-23(21)46-20-8-9-20)28(41)38-13-31(43,32(34,35)36)24-12-22-27(44-14-30(22,2)29(37)42)25(40-24)17-3-6-19(33)7-4-17/h3-7,10-12,15,20,43H,8-9,13-14H2,1-2H3,(H2,37,42)(H,38,41)/t30-,31-/m0/s1. The molecule has 46 heavy (non-hydrogen) atoms. The first-order valence-corrected chi connectivity index (χ1v) is 14.2. The summed E-state index contributed by atoms with van der Waals surface area (Å²) in [5, 5.41) is 13.5. The number of carbonyl (C=O) groups excluding carboxylic acids is 2. The summed E-state index contributed by atoms with van der Waals surface area (Å²) < 4.78 is 75.0. The summed E-state index contributed by atoms with van der Waals surface area (Å²) >= 11 is 0. The van der Waals surface area contributed by atoms with Gasteiger partial charge < -0.3 is 30.0 Å². The zero-order chi connectivity index (χ0) is 33.0.